The number of hydrogen-bond donors (Lipinski definition) is 2. The van der Waals surface area contributed by atoms with Gasteiger partial charge >= 0.3 is 0 Å². The van der Waals surface area contributed by atoms with Crippen molar-refractivity contribution < 1.29 is 9.59 Å². The predicted octanol–water partition coefficient (Wildman–Crippen LogP) is 2.00. The highest BCUT2D eigenvalue weighted by Gasteiger charge is 2.27. The first kappa shape index (κ1) is 18.8. The predicted molar refractivity (Wildman–Crippen MR) is 112 cm³/mol. The van der Waals surface area contributed by atoms with Crippen molar-refractivity contribution >= 4 is 55.5 Å². The maximum atomic E-state index is 12.6. The molecule has 0 saturated carbocycles. The lowest BCUT2D eigenvalue weighted by Gasteiger charge is -2.38. The third-order valence-corrected chi connectivity index (χ3v) is 6.60. The molecule has 0 radical (unpaired) electrons. The molecule has 0 aliphatic carbocycles. The molecule has 8 nitrogen and oxygen atoms in total. The molecular weight excluding hydrogens is 396 g/mol. The number of primary amides is 1. The summed E-state index contributed by atoms with van der Waals surface area (Å²) in [5.41, 5.74) is 5.69. The average Bonchev–Trinajstić information content (AvgIpc) is 3.36. The van der Waals surface area contributed by atoms with Gasteiger partial charge in [-0.2, -0.15) is 0 Å². The van der Waals surface area contributed by atoms with E-state index in [1.165, 1.54) is 11.3 Å². The molecule has 28 heavy (non-hydrogen) atoms. The van der Waals surface area contributed by atoms with Crippen LogP contribution in [0.25, 0.3) is 10.2 Å². The molecule has 1 aliphatic heterocycles. The number of nitrogens with zero attached hydrogens (tertiary/aromatic N) is 4. The minimum atomic E-state index is -0.539. The summed E-state index contributed by atoms with van der Waals surface area (Å²) in [5, 5.41) is 8.18. The number of carbonyl (C=O) groups excluding carboxylic acids is 2. The molecule has 1 fully saturated rings. The van der Waals surface area contributed by atoms with Crippen LogP contribution >= 0.6 is 22.7 Å². The summed E-state index contributed by atoms with van der Waals surface area (Å²) in [6.45, 7) is 4.94. The number of nitrogens with two attached hydrogens (primary N) is 1. The molecule has 146 valence electrons. The van der Waals surface area contributed by atoms with Gasteiger partial charge in [-0.25, -0.2) is 9.97 Å². The van der Waals surface area contributed by atoms with Gasteiger partial charge in [0.2, 0.25) is 5.91 Å². The number of hydrogen-bond acceptors (Lipinski definition) is 8. The van der Waals surface area contributed by atoms with Crippen molar-refractivity contribution in [2.45, 2.75) is 13.0 Å². The van der Waals surface area contributed by atoms with E-state index in [2.05, 4.69) is 31.2 Å². The van der Waals surface area contributed by atoms with Crippen molar-refractivity contribution in [3.05, 3.63) is 34.8 Å². The highest BCUT2D eigenvalue weighted by Crippen LogP contribution is 2.28. The molecule has 3 N–H and O–H groups in total. The number of amides is 2. The van der Waals surface area contributed by atoms with E-state index in [0.717, 1.165) is 42.2 Å². The monoisotopic (exact) mass is 416 g/mol. The molecule has 1 atom stereocenters. The van der Waals surface area contributed by atoms with Crippen LogP contribution in [0.5, 0.6) is 0 Å². The lowest BCUT2D eigenvalue weighted by atomic mass is 10.2. The maximum Gasteiger partial charge on any atom is 0.251 e. The number of nitrogens with one attached hydrogen (secondary N) is 1. The molecule has 2 amide bonds. The van der Waals surface area contributed by atoms with Gasteiger partial charge < -0.3 is 16.0 Å². The summed E-state index contributed by atoms with van der Waals surface area (Å²) in [5.74, 6) is 0.274. The molecule has 3 aromatic heterocycles. The van der Waals surface area contributed by atoms with Crippen LogP contribution in [-0.4, -0.2) is 58.9 Å². The molecule has 4 heterocycles. The number of aromatic nitrogens is 2. The minimum Gasteiger partial charge on any atom is -0.366 e. The summed E-state index contributed by atoms with van der Waals surface area (Å²) in [7, 11) is 0. The Balaban J connectivity index is 1.39. The third-order valence-electron chi connectivity index (χ3n) is 4.95. The molecule has 1 unspecified atom stereocenters. The normalized spacial score (nSPS) is 16.2. The van der Waals surface area contributed by atoms with Gasteiger partial charge in [0.15, 0.2) is 0 Å². The Morgan fingerprint density at radius 1 is 1.14 bits per heavy atom. The van der Waals surface area contributed by atoms with E-state index in [1.807, 2.05) is 12.3 Å². The van der Waals surface area contributed by atoms with E-state index >= 15 is 0 Å². The zero-order valence-electron chi connectivity index (χ0n) is 15.3. The lowest BCUT2D eigenvalue weighted by Crippen LogP contribution is -2.53. The number of fused-ring (bicyclic) bond motifs is 1. The van der Waals surface area contributed by atoms with E-state index < -0.39 is 5.91 Å². The van der Waals surface area contributed by atoms with E-state index in [0.29, 0.717) is 10.6 Å². The highest BCUT2D eigenvalue weighted by atomic mass is 32.1. The van der Waals surface area contributed by atoms with Gasteiger partial charge in [-0.15, -0.1) is 22.7 Å². The Morgan fingerprint density at radius 3 is 2.64 bits per heavy atom. The maximum absolute atomic E-state index is 12.6. The molecular formula is C18H20N6O2S2. The SMILES string of the molecule is CC(C(=O)Nc1sccc1C(N)=O)N1CCN(c2ncnc3sccc23)CC1. The van der Waals surface area contributed by atoms with Crippen molar-refractivity contribution in [3.63, 3.8) is 0 Å². The van der Waals surface area contributed by atoms with Crippen LogP contribution in [0.1, 0.15) is 17.3 Å². The fourth-order valence-electron chi connectivity index (χ4n) is 3.33. The van der Waals surface area contributed by atoms with Gasteiger partial charge in [0.05, 0.1) is 17.0 Å². The van der Waals surface area contributed by atoms with Crippen molar-refractivity contribution in [2.75, 3.05) is 36.4 Å². The number of anilines is 2. The Hall–Kier alpha value is -2.56. The standard InChI is InChI=1S/C18H20N6O2S2/c1-11(16(26)22-18-12(14(19)25)2-8-28-18)23-4-6-24(7-5-23)15-13-3-9-27-17(13)21-10-20-15/h2-3,8-11H,4-7H2,1H3,(H2,19,25)(H,22,26). The number of piperazine rings is 1. The molecule has 0 spiro atoms. The van der Waals surface area contributed by atoms with Crippen molar-refractivity contribution in [2.24, 2.45) is 5.73 Å². The van der Waals surface area contributed by atoms with Crippen molar-refractivity contribution in [1.29, 1.82) is 0 Å². The number of rotatable bonds is 5. The smallest absolute Gasteiger partial charge is 0.251 e. The Bertz CT molecular complexity index is 1010. The van der Waals surface area contributed by atoms with E-state index in [9.17, 15) is 9.59 Å². The van der Waals surface area contributed by atoms with Gasteiger partial charge in [0, 0.05) is 26.2 Å². The van der Waals surface area contributed by atoms with Crippen LogP contribution < -0.4 is 16.0 Å². The van der Waals surface area contributed by atoms with Crippen molar-refractivity contribution in [3.8, 4) is 0 Å². The first-order valence-electron chi connectivity index (χ1n) is 8.90. The van der Waals surface area contributed by atoms with Crippen LogP contribution in [0.3, 0.4) is 0 Å². The van der Waals surface area contributed by atoms with E-state index in [4.69, 9.17) is 5.73 Å². The summed E-state index contributed by atoms with van der Waals surface area (Å²) in [4.78, 5) is 38.2. The average molecular weight is 417 g/mol. The highest BCUT2D eigenvalue weighted by molar-refractivity contribution is 7.16. The number of carbonyl (C=O) groups is 2. The zero-order chi connectivity index (χ0) is 19.7. The quantitative estimate of drug-likeness (QED) is 0.659. The van der Waals surface area contributed by atoms with Crippen LogP contribution in [-0.2, 0) is 4.79 Å². The molecule has 10 heteroatoms. The first-order chi connectivity index (χ1) is 13.5. The topological polar surface area (TPSA) is 104 Å². The molecule has 1 aliphatic rings. The zero-order valence-corrected chi connectivity index (χ0v) is 16.9. The molecule has 0 bridgehead atoms. The molecule has 1 saturated heterocycles. The van der Waals surface area contributed by atoms with Gasteiger partial charge in [-0.05, 0) is 29.8 Å². The van der Waals surface area contributed by atoms with Gasteiger partial charge in [-0.1, -0.05) is 0 Å². The number of thiophene rings is 2. The van der Waals surface area contributed by atoms with Gasteiger partial charge in [0.1, 0.15) is 22.0 Å². The Kier molecular flexibility index (Phi) is 5.25. The van der Waals surface area contributed by atoms with E-state index in [1.54, 1.807) is 29.1 Å². The van der Waals surface area contributed by atoms with Gasteiger partial charge in [-0.3, -0.25) is 14.5 Å². The lowest BCUT2D eigenvalue weighted by molar-refractivity contribution is -0.120. The molecule has 4 rings (SSSR count). The summed E-state index contributed by atoms with van der Waals surface area (Å²) in [6.07, 6.45) is 1.61. The Labute approximate surface area is 170 Å². The fraction of sp³-hybridized carbons (Fsp3) is 0.333. The molecule has 0 aromatic carbocycles. The molecule has 3 aromatic rings. The van der Waals surface area contributed by atoms with Crippen LogP contribution in [0.15, 0.2) is 29.2 Å². The summed E-state index contributed by atoms with van der Waals surface area (Å²) in [6, 6.07) is 3.37. The van der Waals surface area contributed by atoms with Crippen LogP contribution in [0.2, 0.25) is 0 Å². The van der Waals surface area contributed by atoms with E-state index in [-0.39, 0.29) is 11.9 Å². The van der Waals surface area contributed by atoms with Crippen LogP contribution in [0.4, 0.5) is 10.8 Å². The third kappa shape index (κ3) is 3.58. The Morgan fingerprint density at radius 2 is 1.89 bits per heavy atom. The minimum absolute atomic E-state index is 0.138. The van der Waals surface area contributed by atoms with Crippen LogP contribution in [0, 0.1) is 0 Å². The second kappa shape index (κ2) is 7.82. The van der Waals surface area contributed by atoms with Gasteiger partial charge in [0.25, 0.3) is 5.91 Å². The summed E-state index contributed by atoms with van der Waals surface area (Å²) < 4.78 is 0. The van der Waals surface area contributed by atoms with Crippen molar-refractivity contribution in [1.82, 2.24) is 14.9 Å². The summed E-state index contributed by atoms with van der Waals surface area (Å²) >= 11 is 2.90. The fourth-order valence-corrected chi connectivity index (χ4v) is 4.85. The second-order valence-electron chi connectivity index (χ2n) is 6.55. The first-order valence-corrected chi connectivity index (χ1v) is 10.7. The largest absolute Gasteiger partial charge is 0.366 e. The second-order valence-corrected chi connectivity index (χ2v) is 8.36.